The van der Waals surface area contributed by atoms with Crippen molar-refractivity contribution in [1.82, 2.24) is 9.80 Å². The van der Waals surface area contributed by atoms with Gasteiger partial charge in [-0.2, -0.15) is 0 Å². The second kappa shape index (κ2) is 13.2. The molecule has 0 aliphatic heterocycles. The fourth-order valence-corrected chi connectivity index (χ4v) is 4.74. The summed E-state index contributed by atoms with van der Waals surface area (Å²) >= 11 is 0. The van der Waals surface area contributed by atoms with Crippen LogP contribution in [0.3, 0.4) is 0 Å². The molecule has 0 saturated heterocycles. The summed E-state index contributed by atoms with van der Waals surface area (Å²) in [4.78, 5) is 21.7. The largest absolute Gasteiger partial charge is 0.491 e. The van der Waals surface area contributed by atoms with Crippen molar-refractivity contribution < 1.29 is 24.5 Å². The topological polar surface area (TPSA) is 90.3 Å². The summed E-state index contributed by atoms with van der Waals surface area (Å²) in [6, 6.07) is 10.2. The fraction of sp³-hybridized carbons (Fsp3) is 0.652. The van der Waals surface area contributed by atoms with Crippen LogP contribution in [0.2, 0.25) is 0 Å². The van der Waals surface area contributed by atoms with Crippen LogP contribution < -0.4 is 4.74 Å². The third-order valence-electron chi connectivity index (χ3n) is 6.02. The Morgan fingerprint density at radius 3 is 1.97 bits per heavy atom. The van der Waals surface area contributed by atoms with Gasteiger partial charge in [-0.25, -0.2) is 0 Å². The Labute approximate surface area is 180 Å². The standard InChI is InChI=1S/C21H34N2O.2CH2O2/c1-15(2)24-21-8-6-7-16(9-21)14-23(5)20-12-17-10-19(22(3)4)11-18(17)13-20;2*2-1-3/h6-9,15,17-20H,10-14H2,1-5H3;2*1H,(H,2,3)/t17-,18+,19?,20?;;. The van der Waals surface area contributed by atoms with Gasteiger partial charge >= 0.3 is 0 Å². The molecule has 1 aromatic rings. The normalized spacial score (nSPS) is 24.5. The van der Waals surface area contributed by atoms with Crippen LogP contribution >= 0.6 is 0 Å². The maximum absolute atomic E-state index is 8.36. The van der Waals surface area contributed by atoms with Crippen molar-refractivity contribution in [2.75, 3.05) is 21.1 Å². The lowest BCUT2D eigenvalue weighted by Gasteiger charge is -2.27. The van der Waals surface area contributed by atoms with Gasteiger partial charge in [-0.15, -0.1) is 0 Å². The Morgan fingerprint density at radius 2 is 1.50 bits per heavy atom. The summed E-state index contributed by atoms with van der Waals surface area (Å²) in [5.41, 5.74) is 1.36. The highest BCUT2D eigenvalue weighted by molar-refractivity contribution is 5.33. The Bertz CT molecular complexity index is 618. The minimum atomic E-state index is -0.250. The monoisotopic (exact) mass is 422 g/mol. The Kier molecular flexibility index (Phi) is 11.4. The second-order valence-corrected chi connectivity index (χ2v) is 8.67. The average Bonchev–Trinajstić information content (AvgIpc) is 3.22. The molecule has 4 atom stereocenters. The third-order valence-corrected chi connectivity index (χ3v) is 6.02. The number of carboxylic acid groups (broad SMARTS) is 2. The van der Waals surface area contributed by atoms with Gasteiger partial charge < -0.3 is 19.8 Å². The summed E-state index contributed by atoms with van der Waals surface area (Å²) in [5, 5.41) is 13.8. The molecule has 0 radical (unpaired) electrons. The molecule has 2 saturated carbocycles. The zero-order valence-corrected chi connectivity index (χ0v) is 18.9. The first-order valence-electron chi connectivity index (χ1n) is 10.5. The average molecular weight is 423 g/mol. The summed E-state index contributed by atoms with van der Waals surface area (Å²) in [7, 11) is 6.77. The summed E-state index contributed by atoms with van der Waals surface area (Å²) < 4.78 is 5.83. The molecule has 0 heterocycles. The first kappa shape index (κ1) is 25.9. The van der Waals surface area contributed by atoms with Crippen LogP contribution in [0.25, 0.3) is 0 Å². The van der Waals surface area contributed by atoms with E-state index in [1.165, 1.54) is 31.2 Å². The SMILES string of the molecule is CC(C)Oc1cccc(CN(C)C2C[C@H]3CC(N(C)C)C[C@H]3C2)c1.O=CO.O=CO. The van der Waals surface area contributed by atoms with E-state index in [-0.39, 0.29) is 19.0 Å². The van der Waals surface area contributed by atoms with E-state index < -0.39 is 0 Å². The molecule has 30 heavy (non-hydrogen) atoms. The number of hydrogen-bond acceptors (Lipinski definition) is 5. The van der Waals surface area contributed by atoms with E-state index in [1.807, 2.05) is 0 Å². The summed E-state index contributed by atoms with van der Waals surface area (Å²) in [6.45, 7) is 4.69. The molecule has 0 amide bonds. The predicted octanol–water partition coefficient (Wildman–Crippen LogP) is 3.43. The number of hydrogen-bond donors (Lipinski definition) is 2. The quantitative estimate of drug-likeness (QED) is 0.679. The molecule has 7 heteroatoms. The van der Waals surface area contributed by atoms with Crippen molar-refractivity contribution in [3.63, 3.8) is 0 Å². The zero-order chi connectivity index (χ0) is 22.7. The third kappa shape index (κ3) is 8.32. The van der Waals surface area contributed by atoms with Crippen LogP contribution in [0.1, 0.15) is 45.1 Å². The van der Waals surface area contributed by atoms with Crippen LogP contribution in [0.4, 0.5) is 0 Å². The molecule has 1 aromatic carbocycles. The van der Waals surface area contributed by atoms with Crippen molar-refractivity contribution in [1.29, 1.82) is 0 Å². The van der Waals surface area contributed by atoms with E-state index in [4.69, 9.17) is 24.5 Å². The van der Waals surface area contributed by atoms with Gasteiger partial charge in [0.05, 0.1) is 6.10 Å². The first-order valence-corrected chi connectivity index (χ1v) is 10.5. The van der Waals surface area contributed by atoms with Crippen LogP contribution in [0.15, 0.2) is 24.3 Å². The molecule has 2 aliphatic rings. The predicted molar refractivity (Wildman–Crippen MR) is 118 cm³/mol. The fourth-order valence-electron chi connectivity index (χ4n) is 4.74. The summed E-state index contributed by atoms with van der Waals surface area (Å²) in [5.74, 6) is 2.88. The second-order valence-electron chi connectivity index (χ2n) is 8.67. The van der Waals surface area contributed by atoms with E-state index in [2.05, 4.69) is 69.1 Å². The van der Waals surface area contributed by atoms with Gasteiger partial charge in [0.15, 0.2) is 0 Å². The van der Waals surface area contributed by atoms with Crippen molar-refractivity contribution >= 4 is 12.9 Å². The van der Waals surface area contributed by atoms with E-state index >= 15 is 0 Å². The van der Waals surface area contributed by atoms with Crippen LogP contribution in [0.5, 0.6) is 5.75 Å². The van der Waals surface area contributed by atoms with Gasteiger partial charge in [0.25, 0.3) is 12.9 Å². The first-order chi connectivity index (χ1) is 14.2. The Hall–Kier alpha value is -2.12. The van der Waals surface area contributed by atoms with Gasteiger partial charge in [-0.1, -0.05) is 12.1 Å². The molecule has 7 nitrogen and oxygen atoms in total. The molecule has 0 spiro atoms. The molecule has 3 rings (SSSR count). The molecule has 2 aliphatic carbocycles. The highest BCUT2D eigenvalue weighted by atomic mass is 16.5. The number of fused-ring (bicyclic) bond motifs is 1. The Morgan fingerprint density at radius 1 is 1.00 bits per heavy atom. The minimum absolute atomic E-state index is 0.233. The van der Waals surface area contributed by atoms with E-state index in [0.29, 0.717) is 0 Å². The van der Waals surface area contributed by atoms with E-state index in [9.17, 15) is 0 Å². The van der Waals surface area contributed by atoms with Gasteiger partial charge in [0.2, 0.25) is 0 Å². The van der Waals surface area contributed by atoms with Gasteiger partial charge in [0, 0.05) is 18.6 Å². The smallest absolute Gasteiger partial charge is 0.290 e. The molecular formula is C23H38N2O5. The maximum atomic E-state index is 8.36. The number of ether oxygens (including phenoxy) is 1. The molecule has 170 valence electrons. The highest BCUT2D eigenvalue weighted by Crippen LogP contribution is 2.46. The molecule has 2 N–H and O–H groups in total. The van der Waals surface area contributed by atoms with Crippen molar-refractivity contribution in [2.24, 2.45) is 11.8 Å². The van der Waals surface area contributed by atoms with Crippen molar-refractivity contribution in [3.05, 3.63) is 29.8 Å². The van der Waals surface area contributed by atoms with Gasteiger partial charge in [-0.3, -0.25) is 14.5 Å². The van der Waals surface area contributed by atoms with Gasteiger partial charge in [-0.05, 0) is 90.2 Å². The zero-order valence-electron chi connectivity index (χ0n) is 18.9. The van der Waals surface area contributed by atoms with Crippen molar-refractivity contribution in [2.45, 2.75) is 64.3 Å². The maximum Gasteiger partial charge on any atom is 0.290 e. The van der Waals surface area contributed by atoms with Crippen molar-refractivity contribution in [3.8, 4) is 5.75 Å². The molecule has 2 fully saturated rings. The minimum Gasteiger partial charge on any atom is -0.491 e. The van der Waals surface area contributed by atoms with E-state index in [0.717, 1.165) is 36.2 Å². The summed E-state index contributed by atoms with van der Waals surface area (Å²) in [6.07, 6.45) is 5.80. The van der Waals surface area contributed by atoms with Gasteiger partial charge in [0.1, 0.15) is 5.75 Å². The van der Waals surface area contributed by atoms with Crippen LogP contribution in [0, 0.1) is 11.8 Å². The van der Waals surface area contributed by atoms with E-state index in [1.54, 1.807) is 0 Å². The lowest BCUT2D eigenvalue weighted by molar-refractivity contribution is -0.123. The lowest BCUT2D eigenvalue weighted by Crippen LogP contribution is -2.31. The highest BCUT2D eigenvalue weighted by Gasteiger charge is 2.43. The molecular weight excluding hydrogens is 384 g/mol. The number of nitrogens with zero attached hydrogens (tertiary/aromatic N) is 2. The molecule has 0 bridgehead atoms. The van der Waals surface area contributed by atoms with Crippen LogP contribution in [-0.2, 0) is 16.1 Å². The van der Waals surface area contributed by atoms with Crippen LogP contribution in [-0.4, -0.2) is 72.3 Å². The number of benzene rings is 1. The number of carbonyl (C=O) groups is 2. The number of rotatable bonds is 6. The Balaban J connectivity index is 0.000000672. The lowest BCUT2D eigenvalue weighted by atomic mass is 10.0. The molecule has 2 unspecified atom stereocenters. The molecule has 0 aromatic heterocycles.